The van der Waals surface area contributed by atoms with E-state index >= 15 is 0 Å². The van der Waals surface area contributed by atoms with Crippen LogP contribution in [-0.2, 0) is 15.3 Å². The second-order valence-electron chi connectivity index (χ2n) is 9.05. The number of nitrogens with zero attached hydrogens (tertiary/aromatic N) is 1. The predicted octanol–water partition coefficient (Wildman–Crippen LogP) is 6.43. The third-order valence-corrected chi connectivity index (χ3v) is 7.30. The maximum Gasteiger partial charge on any atom is 0.223 e. The van der Waals surface area contributed by atoms with Crippen LogP contribution in [0.2, 0.25) is 0 Å². The summed E-state index contributed by atoms with van der Waals surface area (Å²) in [4.78, 5) is 2.52. The summed E-state index contributed by atoms with van der Waals surface area (Å²) < 4.78 is 32.6. The first-order valence-corrected chi connectivity index (χ1v) is 11.3. The zero-order valence-corrected chi connectivity index (χ0v) is 18.9. The number of fused-ring (bicyclic) bond motifs is 2. The van der Waals surface area contributed by atoms with Gasteiger partial charge in [0, 0.05) is 6.07 Å². The third-order valence-electron chi connectivity index (χ3n) is 5.52. The zero-order chi connectivity index (χ0) is 21.3. The Labute approximate surface area is 173 Å². The minimum Gasteiger partial charge on any atom is -0.444 e. The Hall–Kier alpha value is -2.53. The monoisotopic (exact) mass is 409 g/mol. The molecule has 0 saturated carbocycles. The number of sulfone groups is 1. The van der Waals surface area contributed by atoms with Crippen molar-refractivity contribution in [1.29, 1.82) is 0 Å². The van der Waals surface area contributed by atoms with Crippen LogP contribution in [0.5, 0.6) is 0 Å². The van der Waals surface area contributed by atoms with Crippen molar-refractivity contribution in [3.05, 3.63) is 64.4 Å². The molecule has 0 atom stereocenters. The fourth-order valence-electron chi connectivity index (χ4n) is 4.04. The van der Waals surface area contributed by atoms with Gasteiger partial charge in [-0.1, -0.05) is 39.0 Å². The molecule has 4 nitrogen and oxygen atoms in total. The van der Waals surface area contributed by atoms with Crippen molar-refractivity contribution in [2.75, 3.05) is 4.90 Å². The first-order chi connectivity index (χ1) is 13.4. The van der Waals surface area contributed by atoms with E-state index in [1.54, 1.807) is 19.1 Å². The molecular formula is C24H27NO3S. The van der Waals surface area contributed by atoms with Crippen molar-refractivity contribution < 1.29 is 12.8 Å². The quantitative estimate of drug-likeness (QED) is 0.364. The van der Waals surface area contributed by atoms with Crippen molar-refractivity contribution in [2.45, 2.75) is 63.7 Å². The maximum absolute atomic E-state index is 13.3. The summed E-state index contributed by atoms with van der Waals surface area (Å²) in [5, 5.41) is 0. The summed E-state index contributed by atoms with van der Waals surface area (Å²) in [5.74, 6) is 0.947. The summed E-state index contributed by atoms with van der Waals surface area (Å²) in [5.41, 5.74) is 5.95. The number of rotatable bonds is 1. The highest BCUT2D eigenvalue weighted by atomic mass is 32.2. The highest BCUT2D eigenvalue weighted by Gasteiger charge is 2.39. The highest BCUT2D eigenvalue weighted by molar-refractivity contribution is 7.92. The molecule has 0 fully saturated rings. The first kappa shape index (κ1) is 19.8. The van der Waals surface area contributed by atoms with Crippen LogP contribution in [-0.4, -0.2) is 8.42 Å². The van der Waals surface area contributed by atoms with Crippen LogP contribution in [0.15, 0.2) is 50.6 Å². The molecule has 0 spiro atoms. The fraction of sp³-hybridized carbons (Fsp3) is 0.333. The number of hydrogen-bond acceptors (Lipinski definition) is 4. The number of aryl methyl sites for hydroxylation is 4. The van der Waals surface area contributed by atoms with Gasteiger partial charge in [-0.3, -0.25) is 4.90 Å². The van der Waals surface area contributed by atoms with Gasteiger partial charge in [0.25, 0.3) is 0 Å². The molecule has 0 bridgehead atoms. The third kappa shape index (κ3) is 2.99. The molecule has 29 heavy (non-hydrogen) atoms. The van der Waals surface area contributed by atoms with Crippen LogP contribution >= 0.6 is 0 Å². The molecule has 0 aliphatic carbocycles. The van der Waals surface area contributed by atoms with Crippen LogP contribution < -0.4 is 4.90 Å². The molecule has 0 amide bonds. The van der Waals surface area contributed by atoms with Gasteiger partial charge in [0.05, 0.1) is 16.3 Å². The first-order valence-electron chi connectivity index (χ1n) is 9.79. The fourth-order valence-corrected chi connectivity index (χ4v) is 5.74. The number of benzene rings is 2. The van der Waals surface area contributed by atoms with Crippen molar-refractivity contribution in [1.82, 2.24) is 0 Å². The summed E-state index contributed by atoms with van der Waals surface area (Å²) in [6.45, 7) is 14.4. The maximum atomic E-state index is 13.3. The van der Waals surface area contributed by atoms with E-state index < -0.39 is 9.84 Å². The number of anilines is 3. The Morgan fingerprint density at radius 2 is 1.48 bits per heavy atom. The Morgan fingerprint density at radius 1 is 0.862 bits per heavy atom. The van der Waals surface area contributed by atoms with E-state index in [1.807, 2.05) is 24.0 Å². The predicted molar refractivity (Wildman–Crippen MR) is 116 cm³/mol. The minimum absolute atomic E-state index is 0.0285. The van der Waals surface area contributed by atoms with Gasteiger partial charge in [-0.25, -0.2) is 8.42 Å². The summed E-state index contributed by atoms with van der Waals surface area (Å²) in [6.07, 6.45) is 0. The summed E-state index contributed by atoms with van der Waals surface area (Å²) >= 11 is 0. The van der Waals surface area contributed by atoms with Gasteiger partial charge in [0.2, 0.25) is 15.7 Å². The molecule has 4 rings (SSSR count). The lowest BCUT2D eigenvalue weighted by Gasteiger charge is -2.33. The van der Waals surface area contributed by atoms with Crippen LogP contribution in [0.1, 0.15) is 48.8 Å². The standard InChI is InChI=1S/C24H27NO3S/c1-14-8-9-19-20(10-14)29(26,27)21-13-17(4)28-23(21)25(19)22-15(2)11-18(12-16(22)3)24(5,6)7/h8-13H,1-7H3. The van der Waals surface area contributed by atoms with E-state index in [2.05, 4.69) is 46.8 Å². The van der Waals surface area contributed by atoms with Crippen LogP contribution in [0, 0.1) is 27.7 Å². The Bertz CT molecular complexity index is 1220. The topological polar surface area (TPSA) is 50.5 Å². The molecule has 0 N–H and O–H groups in total. The van der Waals surface area contributed by atoms with Crippen LogP contribution in [0.3, 0.4) is 0 Å². The Balaban J connectivity index is 2.06. The lowest BCUT2D eigenvalue weighted by Crippen LogP contribution is -2.23. The van der Waals surface area contributed by atoms with E-state index in [-0.39, 0.29) is 10.3 Å². The summed E-state index contributed by atoms with van der Waals surface area (Å²) in [6, 6.07) is 11.6. The molecule has 1 aromatic heterocycles. The molecule has 0 unspecified atom stereocenters. The van der Waals surface area contributed by atoms with Crippen molar-refractivity contribution >= 4 is 27.1 Å². The Kier molecular flexibility index (Phi) is 4.25. The van der Waals surface area contributed by atoms with Gasteiger partial charge in [-0.15, -0.1) is 0 Å². The molecular weight excluding hydrogens is 382 g/mol. The van der Waals surface area contributed by atoms with E-state index in [4.69, 9.17) is 4.42 Å². The number of hydrogen-bond donors (Lipinski definition) is 0. The molecule has 0 radical (unpaired) electrons. The minimum atomic E-state index is -3.64. The van der Waals surface area contributed by atoms with Gasteiger partial charge < -0.3 is 4.42 Å². The molecule has 0 saturated heterocycles. The Morgan fingerprint density at radius 3 is 2.07 bits per heavy atom. The molecule has 1 aliphatic heterocycles. The molecule has 5 heteroatoms. The van der Waals surface area contributed by atoms with Crippen molar-refractivity contribution in [3.63, 3.8) is 0 Å². The normalized spacial score (nSPS) is 15.2. The van der Waals surface area contributed by atoms with E-state index in [0.717, 1.165) is 22.4 Å². The van der Waals surface area contributed by atoms with Crippen molar-refractivity contribution in [2.24, 2.45) is 0 Å². The molecule has 2 heterocycles. The molecule has 152 valence electrons. The van der Waals surface area contributed by atoms with Crippen LogP contribution in [0.4, 0.5) is 17.3 Å². The number of furan rings is 1. The lowest BCUT2D eigenvalue weighted by molar-refractivity contribution is 0.532. The van der Waals surface area contributed by atoms with E-state index in [9.17, 15) is 8.42 Å². The van der Waals surface area contributed by atoms with E-state index in [1.165, 1.54) is 5.56 Å². The lowest BCUT2D eigenvalue weighted by atomic mass is 9.84. The van der Waals surface area contributed by atoms with Gasteiger partial charge in [0.1, 0.15) is 10.7 Å². The van der Waals surface area contributed by atoms with Crippen LogP contribution in [0.25, 0.3) is 0 Å². The SMILES string of the molecule is Cc1ccc2c(c1)S(=O)(=O)c1cc(C)oc1N2c1c(C)cc(C(C)(C)C)cc1C. The van der Waals surface area contributed by atoms with Crippen molar-refractivity contribution in [3.8, 4) is 0 Å². The average Bonchev–Trinajstić information content (AvgIpc) is 2.99. The highest BCUT2D eigenvalue weighted by Crippen LogP contribution is 2.51. The smallest absolute Gasteiger partial charge is 0.223 e. The zero-order valence-electron chi connectivity index (χ0n) is 18.0. The second kappa shape index (κ2) is 6.23. The average molecular weight is 410 g/mol. The molecule has 2 aromatic carbocycles. The molecule has 3 aromatic rings. The summed E-state index contributed by atoms with van der Waals surface area (Å²) in [7, 11) is -3.64. The van der Waals surface area contributed by atoms with Gasteiger partial charge in [0.15, 0.2) is 0 Å². The van der Waals surface area contributed by atoms with Gasteiger partial charge in [-0.2, -0.15) is 0 Å². The van der Waals surface area contributed by atoms with E-state index in [0.29, 0.717) is 22.2 Å². The largest absolute Gasteiger partial charge is 0.444 e. The van der Waals surface area contributed by atoms with Gasteiger partial charge >= 0.3 is 0 Å². The van der Waals surface area contributed by atoms with Gasteiger partial charge in [-0.05, 0) is 67.5 Å². The molecule has 1 aliphatic rings. The second-order valence-corrected chi connectivity index (χ2v) is 10.9.